The number of carbonyl (C=O) groups is 2. The summed E-state index contributed by atoms with van der Waals surface area (Å²) in [6.07, 6.45) is 8.11. The summed E-state index contributed by atoms with van der Waals surface area (Å²) >= 11 is 0. The van der Waals surface area contributed by atoms with E-state index >= 15 is 0 Å². The molecule has 0 aliphatic carbocycles. The zero-order valence-corrected chi connectivity index (χ0v) is 16.6. The van der Waals surface area contributed by atoms with E-state index in [1.54, 1.807) is 17.2 Å². The smallest absolute Gasteiger partial charge is 0.227 e. The van der Waals surface area contributed by atoms with E-state index in [1.807, 2.05) is 35.9 Å². The van der Waals surface area contributed by atoms with Gasteiger partial charge in [-0.1, -0.05) is 13.8 Å². The Bertz CT molecular complexity index is 835. The standard InChI is InChI=1S/C20H28N6O2/c1-3-17(27)26-10-5-16-18(22-14-21-16)20(26)6-11-24(12-7-20)19(28)15(2)13-25-9-4-8-23-25/h4,8-9,14-15H,3,5-7,10-13H2,1-2H3,(H,21,22)/t15-/m1/s1. The van der Waals surface area contributed by atoms with Gasteiger partial charge in [0, 0.05) is 50.6 Å². The highest BCUT2D eigenvalue weighted by atomic mass is 16.2. The first-order valence-electron chi connectivity index (χ1n) is 10.1. The lowest BCUT2D eigenvalue weighted by molar-refractivity contribution is -0.145. The first-order valence-corrected chi connectivity index (χ1v) is 10.1. The monoisotopic (exact) mass is 384 g/mol. The molecule has 2 aromatic rings. The quantitative estimate of drug-likeness (QED) is 0.867. The number of nitrogens with one attached hydrogen (secondary N) is 1. The summed E-state index contributed by atoms with van der Waals surface area (Å²) in [5, 5.41) is 4.20. The van der Waals surface area contributed by atoms with Crippen molar-refractivity contribution in [3.05, 3.63) is 36.2 Å². The molecule has 0 aromatic carbocycles. The van der Waals surface area contributed by atoms with Gasteiger partial charge < -0.3 is 14.8 Å². The van der Waals surface area contributed by atoms with Crippen LogP contribution < -0.4 is 0 Å². The van der Waals surface area contributed by atoms with E-state index in [9.17, 15) is 9.59 Å². The predicted molar refractivity (Wildman–Crippen MR) is 103 cm³/mol. The minimum Gasteiger partial charge on any atom is -0.348 e. The topological polar surface area (TPSA) is 87.1 Å². The fourth-order valence-electron chi connectivity index (χ4n) is 4.71. The predicted octanol–water partition coefficient (Wildman–Crippen LogP) is 1.55. The SMILES string of the molecule is CCC(=O)N1CCc2[nH]cnc2C12CCN(C(=O)[C@H](C)Cn1cccn1)CC2. The summed E-state index contributed by atoms with van der Waals surface area (Å²) in [6, 6.07) is 1.87. The van der Waals surface area contributed by atoms with E-state index in [4.69, 9.17) is 0 Å². The normalized spacial score (nSPS) is 19.5. The number of H-pyrrole nitrogens is 1. The van der Waals surface area contributed by atoms with Crippen molar-refractivity contribution in [3.8, 4) is 0 Å². The largest absolute Gasteiger partial charge is 0.348 e. The van der Waals surface area contributed by atoms with Gasteiger partial charge in [0.1, 0.15) is 0 Å². The molecule has 150 valence electrons. The molecule has 1 fully saturated rings. The number of hydrogen-bond acceptors (Lipinski definition) is 4. The van der Waals surface area contributed by atoms with Crippen LogP contribution in [0.2, 0.25) is 0 Å². The number of nitrogens with zero attached hydrogens (tertiary/aromatic N) is 5. The molecule has 4 rings (SSSR count). The van der Waals surface area contributed by atoms with Gasteiger partial charge in [-0.3, -0.25) is 14.3 Å². The van der Waals surface area contributed by atoms with Crippen molar-refractivity contribution in [3.63, 3.8) is 0 Å². The van der Waals surface area contributed by atoms with Crippen molar-refractivity contribution in [2.75, 3.05) is 19.6 Å². The maximum Gasteiger partial charge on any atom is 0.227 e. The van der Waals surface area contributed by atoms with Gasteiger partial charge in [0.2, 0.25) is 11.8 Å². The van der Waals surface area contributed by atoms with Crippen LogP contribution in [0.25, 0.3) is 0 Å². The van der Waals surface area contributed by atoms with Crippen molar-refractivity contribution < 1.29 is 9.59 Å². The Morgan fingerprint density at radius 1 is 1.29 bits per heavy atom. The molecular formula is C20H28N6O2. The fourth-order valence-corrected chi connectivity index (χ4v) is 4.71. The molecule has 4 heterocycles. The van der Waals surface area contributed by atoms with Gasteiger partial charge in [-0.2, -0.15) is 5.10 Å². The van der Waals surface area contributed by atoms with E-state index in [2.05, 4.69) is 15.1 Å². The third-order valence-electron chi connectivity index (χ3n) is 6.21. The third-order valence-corrected chi connectivity index (χ3v) is 6.21. The number of imidazole rings is 1. The molecule has 2 aromatic heterocycles. The molecule has 28 heavy (non-hydrogen) atoms. The van der Waals surface area contributed by atoms with E-state index in [0.29, 0.717) is 32.6 Å². The number of fused-ring (bicyclic) bond motifs is 2. The van der Waals surface area contributed by atoms with Crippen LogP contribution in [0, 0.1) is 5.92 Å². The molecule has 8 nitrogen and oxygen atoms in total. The molecule has 0 bridgehead atoms. The fraction of sp³-hybridized carbons (Fsp3) is 0.600. The average molecular weight is 384 g/mol. The van der Waals surface area contributed by atoms with Crippen LogP contribution in [0.15, 0.2) is 24.8 Å². The number of rotatable bonds is 4. The molecule has 8 heteroatoms. The Kier molecular flexibility index (Phi) is 4.95. The molecule has 0 saturated carbocycles. The maximum absolute atomic E-state index is 12.9. The number of carbonyl (C=O) groups excluding carboxylic acids is 2. The van der Waals surface area contributed by atoms with Gasteiger partial charge in [-0.15, -0.1) is 0 Å². The second kappa shape index (κ2) is 7.41. The summed E-state index contributed by atoms with van der Waals surface area (Å²) in [4.78, 5) is 37.4. The van der Waals surface area contributed by atoms with Crippen LogP contribution in [0.1, 0.15) is 44.5 Å². The van der Waals surface area contributed by atoms with Gasteiger partial charge in [-0.25, -0.2) is 4.98 Å². The molecule has 1 spiro atoms. The van der Waals surface area contributed by atoms with E-state index in [0.717, 1.165) is 30.7 Å². The van der Waals surface area contributed by atoms with Crippen molar-refractivity contribution >= 4 is 11.8 Å². The van der Waals surface area contributed by atoms with Gasteiger partial charge >= 0.3 is 0 Å². The zero-order chi connectivity index (χ0) is 19.7. The molecule has 1 N–H and O–H groups in total. The number of hydrogen-bond donors (Lipinski definition) is 1. The summed E-state index contributed by atoms with van der Waals surface area (Å²) in [5.74, 6) is 0.187. The summed E-state index contributed by atoms with van der Waals surface area (Å²) < 4.78 is 1.80. The lowest BCUT2D eigenvalue weighted by Gasteiger charge is -2.50. The lowest BCUT2D eigenvalue weighted by Crippen LogP contribution is -2.59. The number of likely N-dealkylation sites (tertiary alicyclic amines) is 1. The average Bonchev–Trinajstić information content (AvgIpc) is 3.40. The number of aromatic amines is 1. The highest BCUT2D eigenvalue weighted by molar-refractivity contribution is 5.79. The number of piperidine rings is 1. The Hall–Kier alpha value is -2.64. The Morgan fingerprint density at radius 2 is 2.07 bits per heavy atom. The van der Waals surface area contributed by atoms with Crippen LogP contribution >= 0.6 is 0 Å². The van der Waals surface area contributed by atoms with E-state index in [1.165, 1.54) is 0 Å². The Morgan fingerprint density at radius 3 is 2.75 bits per heavy atom. The summed E-state index contributed by atoms with van der Waals surface area (Å²) in [7, 11) is 0. The zero-order valence-electron chi connectivity index (χ0n) is 16.6. The highest BCUT2D eigenvalue weighted by Gasteiger charge is 2.48. The molecule has 0 radical (unpaired) electrons. The highest BCUT2D eigenvalue weighted by Crippen LogP contribution is 2.42. The van der Waals surface area contributed by atoms with Crippen molar-refractivity contribution in [1.29, 1.82) is 0 Å². The third kappa shape index (κ3) is 3.10. The second-order valence-electron chi connectivity index (χ2n) is 7.86. The molecule has 1 atom stereocenters. The van der Waals surface area contributed by atoms with Gasteiger partial charge in [0.15, 0.2) is 0 Å². The van der Waals surface area contributed by atoms with E-state index < -0.39 is 0 Å². The van der Waals surface area contributed by atoms with Crippen molar-refractivity contribution in [1.82, 2.24) is 29.5 Å². The minimum absolute atomic E-state index is 0.130. The first-order chi connectivity index (χ1) is 13.5. The van der Waals surface area contributed by atoms with Gasteiger partial charge in [0.25, 0.3) is 0 Å². The van der Waals surface area contributed by atoms with Crippen LogP contribution in [0.5, 0.6) is 0 Å². The van der Waals surface area contributed by atoms with Crippen LogP contribution in [0.3, 0.4) is 0 Å². The Labute approximate surface area is 164 Å². The second-order valence-corrected chi connectivity index (χ2v) is 7.86. The maximum atomic E-state index is 12.9. The Balaban J connectivity index is 1.50. The van der Waals surface area contributed by atoms with Crippen molar-refractivity contribution in [2.24, 2.45) is 5.92 Å². The minimum atomic E-state index is -0.386. The van der Waals surface area contributed by atoms with Crippen LogP contribution in [0.4, 0.5) is 0 Å². The van der Waals surface area contributed by atoms with Gasteiger partial charge in [0.05, 0.1) is 30.0 Å². The molecule has 1 saturated heterocycles. The molecule has 0 unspecified atom stereocenters. The molecule has 2 aliphatic heterocycles. The van der Waals surface area contributed by atoms with Crippen LogP contribution in [-0.2, 0) is 28.1 Å². The van der Waals surface area contributed by atoms with Gasteiger partial charge in [-0.05, 0) is 18.9 Å². The number of aromatic nitrogens is 4. The molecule has 2 aliphatic rings. The van der Waals surface area contributed by atoms with Crippen LogP contribution in [-0.4, -0.2) is 61.0 Å². The summed E-state index contributed by atoms with van der Waals surface area (Å²) in [5.41, 5.74) is 1.74. The number of amides is 2. The molecule has 2 amide bonds. The van der Waals surface area contributed by atoms with Crippen molar-refractivity contribution in [2.45, 2.75) is 51.6 Å². The summed E-state index contributed by atoms with van der Waals surface area (Å²) in [6.45, 7) is 6.44. The van der Waals surface area contributed by atoms with E-state index in [-0.39, 0.29) is 23.3 Å². The first kappa shape index (κ1) is 18.7. The lowest BCUT2D eigenvalue weighted by atomic mass is 9.78. The molecular weight excluding hydrogens is 356 g/mol.